The highest BCUT2D eigenvalue weighted by atomic mass is 35.5. The third-order valence-electron chi connectivity index (χ3n) is 3.76. The minimum absolute atomic E-state index is 0.323. The van der Waals surface area contributed by atoms with Gasteiger partial charge in [-0.25, -0.2) is 9.78 Å². The summed E-state index contributed by atoms with van der Waals surface area (Å²) >= 11 is 5.92. The Labute approximate surface area is 149 Å². The molecule has 1 atom stereocenters. The van der Waals surface area contributed by atoms with Crippen molar-refractivity contribution < 1.29 is 14.3 Å². The van der Waals surface area contributed by atoms with E-state index in [9.17, 15) is 9.59 Å². The molecule has 0 aliphatic rings. The molecule has 1 aromatic heterocycles. The standard InChI is InChI=1S/C19H15ClN2O3/c1-11(18(21)23)25-19(24)15-10-17(12-6-8-13(20)9-7-12)22-16-5-3-2-4-14(15)16/h2-11H,1H3,(H2,21,23)/t11-/m1/s1. The molecule has 0 radical (unpaired) electrons. The molecule has 25 heavy (non-hydrogen) atoms. The van der Waals surface area contributed by atoms with Crippen LogP contribution in [-0.2, 0) is 9.53 Å². The predicted octanol–water partition coefficient (Wildman–Crippen LogP) is 3.59. The molecule has 0 unspecified atom stereocenters. The molecule has 0 fully saturated rings. The zero-order valence-corrected chi connectivity index (χ0v) is 14.2. The van der Waals surface area contributed by atoms with Gasteiger partial charge in [0, 0.05) is 16.0 Å². The van der Waals surface area contributed by atoms with Gasteiger partial charge < -0.3 is 10.5 Å². The average molecular weight is 355 g/mol. The maximum atomic E-state index is 12.5. The van der Waals surface area contributed by atoms with Crippen molar-refractivity contribution >= 4 is 34.4 Å². The maximum absolute atomic E-state index is 12.5. The number of ether oxygens (including phenoxy) is 1. The molecule has 0 aliphatic heterocycles. The molecule has 1 amide bonds. The molecule has 0 saturated heterocycles. The summed E-state index contributed by atoms with van der Waals surface area (Å²) in [7, 11) is 0. The number of nitrogens with two attached hydrogens (primary N) is 1. The monoisotopic (exact) mass is 354 g/mol. The number of benzene rings is 2. The SMILES string of the molecule is C[C@@H](OC(=O)c1cc(-c2ccc(Cl)cc2)nc2ccccc12)C(N)=O. The smallest absolute Gasteiger partial charge is 0.339 e. The highest BCUT2D eigenvalue weighted by Crippen LogP contribution is 2.26. The number of carbonyl (C=O) groups excluding carboxylic acids is 2. The van der Waals surface area contributed by atoms with Gasteiger partial charge in [-0.15, -0.1) is 0 Å². The lowest BCUT2D eigenvalue weighted by Crippen LogP contribution is -2.30. The predicted molar refractivity (Wildman–Crippen MR) is 96.3 cm³/mol. The fraction of sp³-hybridized carbons (Fsp3) is 0.105. The largest absolute Gasteiger partial charge is 0.449 e. The number of carbonyl (C=O) groups is 2. The summed E-state index contributed by atoms with van der Waals surface area (Å²) in [5.41, 5.74) is 7.56. The van der Waals surface area contributed by atoms with Gasteiger partial charge in [0.05, 0.1) is 16.8 Å². The Morgan fingerprint density at radius 2 is 1.80 bits per heavy atom. The van der Waals surface area contributed by atoms with Gasteiger partial charge in [-0.3, -0.25) is 4.79 Å². The lowest BCUT2D eigenvalue weighted by atomic mass is 10.0. The van der Waals surface area contributed by atoms with Crippen LogP contribution in [0.4, 0.5) is 0 Å². The molecule has 2 aromatic carbocycles. The van der Waals surface area contributed by atoms with Crippen LogP contribution in [0.3, 0.4) is 0 Å². The summed E-state index contributed by atoms with van der Waals surface area (Å²) in [5, 5.41) is 1.25. The Morgan fingerprint density at radius 1 is 1.12 bits per heavy atom. The Kier molecular flexibility index (Phi) is 4.67. The van der Waals surface area contributed by atoms with Crippen LogP contribution in [0.5, 0.6) is 0 Å². The normalized spacial score (nSPS) is 11.9. The van der Waals surface area contributed by atoms with E-state index < -0.39 is 18.0 Å². The van der Waals surface area contributed by atoms with E-state index in [1.807, 2.05) is 24.3 Å². The van der Waals surface area contributed by atoms with Crippen molar-refractivity contribution in [3.8, 4) is 11.3 Å². The number of para-hydroxylation sites is 1. The Balaban J connectivity index is 2.11. The van der Waals surface area contributed by atoms with Crippen LogP contribution < -0.4 is 5.73 Å². The topological polar surface area (TPSA) is 82.3 Å². The summed E-state index contributed by atoms with van der Waals surface area (Å²) in [6.45, 7) is 1.43. The lowest BCUT2D eigenvalue weighted by molar-refractivity contribution is -0.125. The molecular formula is C19H15ClN2O3. The van der Waals surface area contributed by atoms with Crippen molar-refractivity contribution in [2.45, 2.75) is 13.0 Å². The molecule has 0 spiro atoms. The molecule has 3 aromatic rings. The molecule has 126 valence electrons. The number of hydrogen-bond donors (Lipinski definition) is 1. The molecule has 2 N–H and O–H groups in total. The fourth-order valence-corrected chi connectivity index (χ4v) is 2.52. The Hall–Kier alpha value is -2.92. The van der Waals surface area contributed by atoms with E-state index in [0.29, 0.717) is 27.2 Å². The van der Waals surface area contributed by atoms with Crippen molar-refractivity contribution in [1.29, 1.82) is 0 Å². The van der Waals surface area contributed by atoms with E-state index in [-0.39, 0.29) is 0 Å². The van der Waals surface area contributed by atoms with Crippen molar-refractivity contribution in [2.75, 3.05) is 0 Å². The van der Waals surface area contributed by atoms with Crippen LogP contribution in [0.1, 0.15) is 17.3 Å². The molecule has 1 heterocycles. The van der Waals surface area contributed by atoms with Gasteiger partial charge in [0.15, 0.2) is 6.10 Å². The number of hydrogen-bond acceptors (Lipinski definition) is 4. The van der Waals surface area contributed by atoms with E-state index in [1.165, 1.54) is 6.92 Å². The van der Waals surface area contributed by atoms with Crippen LogP contribution in [-0.4, -0.2) is 23.0 Å². The average Bonchev–Trinajstić information content (AvgIpc) is 2.61. The lowest BCUT2D eigenvalue weighted by Gasteiger charge is -2.12. The van der Waals surface area contributed by atoms with Crippen LogP contribution >= 0.6 is 11.6 Å². The third-order valence-corrected chi connectivity index (χ3v) is 4.01. The minimum atomic E-state index is -1.02. The number of nitrogens with zero attached hydrogens (tertiary/aromatic N) is 1. The van der Waals surface area contributed by atoms with Crippen LogP contribution in [0.2, 0.25) is 5.02 Å². The zero-order chi connectivity index (χ0) is 18.0. The third kappa shape index (κ3) is 3.61. The summed E-state index contributed by atoms with van der Waals surface area (Å²) < 4.78 is 5.15. The number of pyridine rings is 1. The number of amides is 1. The molecule has 5 nitrogen and oxygen atoms in total. The Morgan fingerprint density at radius 3 is 2.48 bits per heavy atom. The first kappa shape index (κ1) is 16.9. The first-order chi connectivity index (χ1) is 12.0. The van der Waals surface area contributed by atoms with Gasteiger partial charge in [0.2, 0.25) is 0 Å². The van der Waals surface area contributed by atoms with E-state index in [2.05, 4.69) is 4.98 Å². The molecule has 3 rings (SSSR count). The quantitative estimate of drug-likeness (QED) is 0.726. The van der Waals surface area contributed by atoms with Gasteiger partial charge >= 0.3 is 5.97 Å². The summed E-state index contributed by atoms with van der Waals surface area (Å²) in [5.74, 6) is -1.33. The first-order valence-electron chi connectivity index (χ1n) is 7.62. The van der Waals surface area contributed by atoms with Crippen molar-refractivity contribution in [2.24, 2.45) is 5.73 Å². The van der Waals surface area contributed by atoms with E-state index in [0.717, 1.165) is 5.56 Å². The first-order valence-corrected chi connectivity index (χ1v) is 7.99. The van der Waals surface area contributed by atoms with Crippen molar-refractivity contribution in [1.82, 2.24) is 4.98 Å². The van der Waals surface area contributed by atoms with Gasteiger partial charge in [-0.05, 0) is 31.2 Å². The number of esters is 1. The second-order valence-corrected chi connectivity index (χ2v) is 5.97. The Bertz CT molecular complexity index is 955. The summed E-state index contributed by atoms with van der Waals surface area (Å²) in [6.07, 6.45) is -1.02. The molecule has 0 aliphatic carbocycles. The fourth-order valence-electron chi connectivity index (χ4n) is 2.39. The highest BCUT2D eigenvalue weighted by Gasteiger charge is 2.19. The van der Waals surface area contributed by atoms with E-state index >= 15 is 0 Å². The van der Waals surface area contributed by atoms with Gasteiger partial charge in [-0.2, -0.15) is 0 Å². The summed E-state index contributed by atoms with van der Waals surface area (Å²) in [6, 6.07) is 16.0. The number of aromatic nitrogens is 1. The van der Waals surface area contributed by atoms with Crippen LogP contribution in [0, 0.1) is 0 Å². The molecule has 6 heteroatoms. The maximum Gasteiger partial charge on any atom is 0.339 e. The van der Waals surface area contributed by atoms with Crippen molar-refractivity contribution in [3.63, 3.8) is 0 Å². The van der Waals surface area contributed by atoms with E-state index in [1.54, 1.807) is 30.3 Å². The number of rotatable bonds is 4. The second kappa shape index (κ2) is 6.91. The molecular weight excluding hydrogens is 340 g/mol. The van der Waals surface area contributed by atoms with Gasteiger partial charge in [-0.1, -0.05) is 41.9 Å². The van der Waals surface area contributed by atoms with Crippen LogP contribution in [0.25, 0.3) is 22.2 Å². The minimum Gasteiger partial charge on any atom is -0.449 e. The van der Waals surface area contributed by atoms with Gasteiger partial charge in [0.25, 0.3) is 5.91 Å². The number of halogens is 1. The van der Waals surface area contributed by atoms with E-state index in [4.69, 9.17) is 22.1 Å². The molecule has 0 bridgehead atoms. The zero-order valence-electron chi connectivity index (χ0n) is 13.4. The molecule has 0 saturated carbocycles. The second-order valence-electron chi connectivity index (χ2n) is 5.53. The number of primary amides is 1. The van der Waals surface area contributed by atoms with Gasteiger partial charge in [0.1, 0.15) is 0 Å². The highest BCUT2D eigenvalue weighted by molar-refractivity contribution is 6.30. The van der Waals surface area contributed by atoms with Crippen LogP contribution in [0.15, 0.2) is 54.6 Å². The number of fused-ring (bicyclic) bond motifs is 1. The van der Waals surface area contributed by atoms with Crippen molar-refractivity contribution in [3.05, 3.63) is 65.2 Å². The summed E-state index contributed by atoms with van der Waals surface area (Å²) in [4.78, 5) is 28.3.